The smallest absolute Gasteiger partial charge is 0.504 e. The van der Waals surface area contributed by atoms with Gasteiger partial charge in [0.15, 0.2) is 57.5 Å². The van der Waals surface area contributed by atoms with Gasteiger partial charge in [0.05, 0.1) is 13.2 Å². The Balaban J connectivity index is 0.000000115. The van der Waals surface area contributed by atoms with Crippen LogP contribution in [0.1, 0.15) is 199 Å². The number of alkyl halides is 4. The second kappa shape index (κ2) is 17.6. The zero-order valence-corrected chi connectivity index (χ0v) is 54.2. The molecule has 1 atom stereocenters. The highest BCUT2D eigenvalue weighted by Crippen LogP contribution is 2.69. The van der Waals surface area contributed by atoms with E-state index in [0.29, 0.717) is 36.2 Å². The van der Waals surface area contributed by atoms with Crippen LogP contribution in [0.4, 0.5) is 0 Å². The van der Waals surface area contributed by atoms with Gasteiger partial charge in [-0.25, -0.2) is 0 Å². The third-order valence-corrected chi connectivity index (χ3v) is 21.7. The highest BCUT2D eigenvalue weighted by molar-refractivity contribution is 6.47. The third-order valence-electron chi connectivity index (χ3n) is 21.1. The molecule has 454 valence electrons. The standard InChI is InChI=1S/C26H30O4.C23H20Cl4O4.C21H24O4/c1-15-9-17-19(10-16(15)2)25(13-23(17,3)4)14-24(5,6)18-11-21-22(12-20(18)25)30-26(29-21)27-7-8-28-26;1-19(2)9-21(13-7-17-15(5-11(13)19)28-22(24,25)30-17)10-20(3,4)12-6-16-18(8-14(12)21)31-23(26,27)29-16;1-19(2)9-21(13-7-17(24)15(22)5-11(13)19)10-20(3,4)12-6-16(23)18(25)8-14(12)21/h9-12H,7-8,13-14H2,1-6H3;5-8H,9-10H2,1-4H3;5-8,22-25H,9-10H2,1-4H3. The molecule has 1 fully saturated rings. The van der Waals surface area contributed by atoms with Crippen molar-refractivity contribution in [3.63, 3.8) is 0 Å². The fourth-order valence-electron chi connectivity index (χ4n) is 18.1. The van der Waals surface area contributed by atoms with Gasteiger partial charge in [-0.15, -0.1) is 0 Å². The van der Waals surface area contributed by atoms with Gasteiger partial charge in [0, 0.05) is 16.2 Å². The summed E-state index contributed by atoms with van der Waals surface area (Å²) in [5.41, 5.74) is 16.3. The molecule has 0 bridgehead atoms. The average Bonchev–Trinajstić information content (AvgIpc) is 1.57. The first kappa shape index (κ1) is 58.1. The van der Waals surface area contributed by atoms with Crippen LogP contribution < -0.4 is 28.4 Å². The van der Waals surface area contributed by atoms with Crippen LogP contribution in [0.15, 0.2) is 72.8 Å². The van der Waals surface area contributed by atoms with Crippen molar-refractivity contribution >= 4 is 46.4 Å². The summed E-state index contributed by atoms with van der Waals surface area (Å²) in [6.07, 6.45) is 4.29. The Kier molecular flexibility index (Phi) is 11.9. The number of aromatic hydroxyl groups is 4. The largest absolute Gasteiger partial charge is 0.510 e. The maximum atomic E-state index is 10.1. The predicted octanol–water partition coefficient (Wildman–Crippen LogP) is 16.6. The number of phenolic OH excluding ortho intramolecular Hbond substituents is 4. The van der Waals surface area contributed by atoms with Crippen molar-refractivity contribution < 1.29 is 58.3 Å². The summed E-state index contributed by atoms with van der Waals surface area (Å²) in [5, 5.41) is 40.3. The Hall–Kier alpha value is -5.60. The van der Waals surface area contributed by atoms with E-state index in [1.165, 1.54) is 55.6 Å². The summed E-state index contributed by atoms with van der Waals surface area (Å²) < 4.78 is 42.4. The summed E-state index contributed by atoms with van der Waals surface area (Å²) in [4.78, 5) is 0. The minimum absolute atomic E-state index is 0.0122. The number of ether oxygens (including phenoxy) is 8. The molecule has 4 N–H and O–H groups in total. The molecule has 0 radical (unpaired) electrons. The van der Waals surface area contributed by atoms with Crippen LogP contribution in [0, 0.1) is 13.8 Å². The Morgan fingerprint density at radius 1 is 0.291 bits per heavy atom. The van der Waals surface area contributed by atoms with Gasteiger partial charge in [-0.3, -0.25) is 9.47 Å². The zero-order chi connectivity index (χ0) is 61.7. The fourth-order valence-corrected chi connectivity index (χ4v) is 18.7. The molecule has 0 aromatic heterocycles. The Morgan fingerprint density at radius 3 is 0.779 bits per heavy atom. The molecule has 16 rings (SSSR count). The van der Waals surface area contributed by atoms with E-state index in [0.717, 1.165) is 72.3 Å². The molecule has 0 amide bonds. The van der Waals surface area contributed by atoms with Gasteiger partial charge in [-0.1, -0.05) is 95.2 Å². The lowest BCUT2D eigenvalue weighted by molar-refractivity contribution is -0.378. The molecule has 1 saturated heterocycles. The number of hydrogen-bond acceptors (Lipinski definition) is 12. The first-order valence-corrected chi connectivity index (χ1v) is 31.3. The second-order valence-corrected chi connectivity index (χ2v) is 32.5. The maximum Gasteiger partial charge on any atom is 0.510 e. The van der Waals surface area contributed by atoms with Gasteiger partial charge in [0.1, 0.15) is 0 Å². The monoisotopic (exact) mass is 1250 g/mol. The predicted molar refractivity (Wildman–Crippen MR) is 330 cm³/mol. The van der Waals surface area contributed by atoms with E-state index in [4.69, 9.17) is 84.3 Å². The summed E-state index contributed by atoms with van der Waals surface area (Å²) in [7, 11) is 0. The third kappa shape index (κ3) is 8.33. The molecule has 0 saturated carbocycles. The molecule has 6 aromatic carbocycles. The van der Waals surface area contributed by atoms with Crippen LogP contribution in [0.25, 0.3) is 0 Å². The van der Waals surface area contributed by atoms with Gasteiger partial charge < -0.3 is 48.8 Å². The van der Waals surface area contributed by atoms with Crippen LogP contribution in [0.3, 0.4) is 0 Å². The van der Waals surface area contributed by atoms with Crippen molar-refractivity contribution in [1.82, 2.24) is 0 Å². The van der Waals surface area contributed by atoms with Crippen molar-refractivity contribution in [2.45, 2.75) is 200 Å². The van der Waals surface area contributed by atoms with E-state index in [1.54, 1.807) is 24.3 Å². The number of aryl methyl sites for hydroxylation is 2. The zero-order valence-electron chi connectivity index (χ0n) is 51.2. The van der Waals surface area contributed by atoms with Gasteiger partial charge >= 0.3 is 15.6 Å². The summed E-state index contributed by atoms with van der Waals surface area (Å²) in [5.74, 6) is 3.22. The van der Waals surface area contributed by atoms with E-state index in [9.17, 15) is 20.4 Å². The van der Waals surface area contributed by atoms with Gasteiger partial charge in [-0.2, -0.15) is 0 Å². The van der Waals surface area contributed by atoms with E-state index in [-0.39, 0.29) is 71.7 Å². The Morgan fingerprint density at radius 2 is 0.488 bits per heavy atom. The topological polar surface area (TPSA) is 155 Å². The first-order chi connectivity index (χ1) is 39.7. The van der Waals surface area contributed by atoms with Gasteiger partial charge in [-0.05, 0) is 270 Å². The first-order valence-electron chi connectivity index (χ1n) is 29.8. The molecular formula is C70H74Cl4O12. The molecule has 12 nitrogen and oxygen atoms in total. The van der Waals surface area contributed by atoms with Crippen molar-refractivity contribution in [3.05, 3.63) is 151 Å². The number of halogens is 4. The van der Waals surface area contributed by atoms with Crippen molar-refractivity contribution in [2.24, 2.45) is 0 Å². The minimum Gasteiger partial charge on any atom is -0.504 e. The number of hydrogen-bond donors (Lipinski definition) is 4. The van der Waals surface area contributed by atoms with Gasteiger partial charge in [0.25, 0.3) is 0 Å². The molecule has 86 heavy (non-hydrogen) atoms. The highest BCUT2D eigenvalue weighted by atomic mass is 35.5. The summed E-state index contributed by atoms with van der Waals surface area (Å²) in [6.45, 7) is 32.5. The number of rotatable bonds is 0. The SMILES string of the molecule is CC1(C)CC2(CC(C)(C)c3cc(O)c(O)cc32)c2cc(O)c(O)cc21.CC1(C)CC2(CC(C)(C)c3cc4c(cc32)OC(Cl)(Cl)O4)c2cc3c(cc21)OC(Cl)(Cl)O3.Cc1cc2c(cc1C)C1(CC2(C)C)CC(C)(C)c2cc3c(cc21)OC1(OCCO1)O3. The van der Waals surface area contributed by atoms with Crippen molar-refractivity contribution in [1.29, 1.82) is 0 Å². The molecule has 6 aliphatic carbocycles. The molecule has 4 spiro atoms. The molecule has 16 heteroatoms. The van der Waals surface area contributed by atoms with Crippen molar-refractivity contribution in [2.75, 3.05) is 13.2 Å². The quantitative estimate of drug-likeness (QED) is 0.0845. The Labute approximate surface area is 522 Å². The molecule has 10 aliphatic rings. The van der Waals surface area contributed by atoms with Gasteiger partial charge in [0.2, 0.25) is 0 Å². The lowest BCUT2D eigenvalue weighted by Gasteiger charge is -2.30. The molecule has 4 aliphatic heterocycles. The minimum atomic E-state index is -1.71. The van der Waals surface area contributed by atoms with Crippen LogP contribution >= 0.6 is 46.4 Å². The van der Waals surface area contributed by atoms with E-state index in [2.05, 4.69) is 121 Å². The molecule has 1 unspecified atom stereocenters. The maximum absolute atomic E-state index is 10.1. The summed E-state index contributed by atoms with van der Waals surface area (Å²) >= 11 is 24.4. The number of phenols is 4. The van der Waals surface area contributed by atoms with Crippen LogP contribution in [0.5, 0.6) is 57.5 Å². The highest BCUT2D eigenvalue weighted by Gasteiger charge is 2.62. The Bertz CT molecular complexity index is 3810. The number of fused-ring (bicyclic) bond motifs is 15. The van der Waals surface area contributed by atoms with Crippen LogP contribution in [-0.4, -0.2) is 49.2 Å². The lowest BCUT2D eigenvalue weighted by atomic mass is 9.72. The lowest BCUT2D eigenvalue weighted by Crippen LogP contribution is -2.39. The second-order valence-electron chi connectivity index (χ2n) is 30.1. The molecule has 4 heterocycles. The van der Waals surface area contributed by atoms with Crippen molar-refractivity contribution in [3.8, 4) is 57.5 Å². The summed E-state index contributed by atoms with van der Waals surface area (Å²) in [6, 6.07) is 24.1. The molecule has 6 aromatic rings. The van der Waals surface area contributed by atoms with Crippen LogP contribution in [0.2, 0.25) is 0 Å². The van der Waals surface area contributed by atoms with E-state index < -0.39 is 15.6 Å². The number of benzene rings is 6. The average molecular weight is 1250 g/mol. The van der Waals surface area contributed by atoms with Crippen LogP contribution in [-0.2, 0) is 58.2 Å². The van der Waals surface area contributed by atoms with E-state index >= 15 is 0 Å². The normalized spacial score (nSPS) is 25.3. The van der Waals surface area contributed by atoms with E-state index in [1.807, 2.05) is 24.3 Å². The fraction of sp³-hybridized carbons (Fsp3) is 0.486. The molecular weight excluding hydrogens is 1170 g/mol.